The molecule has 1 fully saturated rings. The summed E-state index contributed by atoms with van der Waals surface area (Å²) in [5.74, 6) is 0.259. The molecule has 2 rings (SSSR count). The molecule has 144 valence electrons. The largest absolute Gasteiger partial charge is 0.416 e. The van der Waals surface area contributed by atoms with Gasteiger partial charge >= 0.3 is 6.18 Å². The summed E-state index contributed by atoms with van der Waals surface area (Å²) in [5, 5.41) is 2.91. The van der Waals surface area contributed by atoms with Crippen molar-refractivity contribution in [1.29, 1.82) is 0 Å². The van der Waals surface area contributed by atoms with E-state index in [9.17, 15) is 22.8 Å². The molecule has 0 spiro atoms. The van der Waals surface area contributed by atoms with Crippen molar-refractivity contribution < 1.29 is 22.8 Å². The van der Waals surface area contributed by atoms with Crippen LogP contribution in [0.2, 0.25) is 0 Å². The molecule has 1 heterocycles. The van der Waals surface area contributed by atoms with Gasteiger partial charge in [-0.1, -0.05) is 26.0 Å². The molecule has 1 aliphatic rings. The van der Waals surface area contributed by atoms with Crippen molar-refractivity contribution >= 4 is 11.8 Å². The number of carbonyl (C=O) groups excluding carboxylic acids is 2. The van der Waals surface area contributed by atoms with Gasteiger partial charge in [0.1, 0.15) is 0 Å². The van der Waals surface area contributed by atoms with Crippen molar-refractivity contribution in [2.24, 2.45) is 5.92 Å². The van der Waals surface area contributed by atoms with Gasteiger partial charge in [0.05, 0.1) is 12.0 Å². The lowest BCUT2D eigenvalue weighted by Gasteiger charge is -2.33. The quantitative estimate of drug-likeness (QED) is 0.864. The van der Waals surface area contributed by atoms with Crippen LogP contribution in [0.3, 0.4) is 0 Å². The molecule has 0 radical (unpaired) electrons. The predicted octanol–water partition coefficient (Wildman–Crippen LogP) is 3.40. The summed E-state index contributed by atoms with van der Waals surface area (Å²) in [6.07, 6.45) is -2.40. The Balaban J connectivity index is 1.78. The number of carbonyl (C=O) groups is 2. The number of piperidine rings is 1. The van der Waals surface area contributed by atoms with Crippen LogP contribution in [0.15, 0.2) is 24.3 Å². The molecule has 7 heteroatoms. The van der Waals surface area contributed by atoms with Crippen LogP contribution in [0, 0.1) is 5.92 Å². The fraction of sp³-hybridized carbons (Fsp3) is 0.579. The smallest absolute Gasteiger partial charge is 0.353 e. The Hall–Kier alpha value is -2.05. The van der Waals surface area contributed by atoms with Gasteiger partial charge in [0.25, 0.3) is 0 Å². The Kier molecular flexibility index (Phi) is 6.67. The Morgan fingerprint density at radius 1 is 1.15 bits per heavy atom. The van der Waals surface area contributed by atoms with Crippen LogP contribution < -0.4 is 5.32 Å². The fourth-order valence-corrected chi connectivity index (χ4v) is 3.03. The molecule has 1 N–H and O–H groups in total. The third-order valence-electron chi connectivity index (χ3n) is 4.44. The first-order valence-electron chi connectivity index (χ1n) is 8.88. The molecule has 2 amide bonds. The number of rotatable bonds is 5. The molecule has 1 aliphatic heterocycles. The summed E-state index contributed by atoms with van der Waals surface area (Å²) in [6.45, 7) is 5.26. The van der Waals surface area contributed by atoms with Crippen molar-refractivity contribution in [3.63, 3.8) is 0 Å². The number of halogens is 3. The van der Waals surface area contributed by atoms with Crippen LogP contribution >= 0.6 is 0 Å². The Bertz CT molecular complexity index is 619. The Morgan fingerprint density at radius 3 is 2.23 bits per heavy atom. The molecular formula is C19H25F3N2O2. The van der Waals surface area contributed by atoms with E-state index in [-0.39, 0.29) is 24.3 Å². The maximum absolute atomic E-state index is 12.5. The van der Waals surface area contributed by atoms with E-state index in [4.69, 9.17) is 0 Å². The first-order chi connectivity index (χ1) is 12.1. The highest BCUT2D eigenvalue weighted by atomic mass is 19.4. The normalized spacial score (nSPS) is 16.0. The highest BCUT2D eigenvalue weighted by Crippen LogP contribution is 2.29. The van der Waals surface area contributed by atoms with Crippen LogP contribution in [0.1, 0.15) is 44.2 Å². The summed E-state index contributed by atoms with van der Waals surface area (Å²) >= 11 is 0. The maximum atomic E-state index is 12.5. The molecule has 1 aromatic carbocycles. The zero-order valence-corrected chi connectivity index (χ0v) is 15.1. The number of hydrogen-bond acceptors (Lipinski definition) is 2. The highest BCUT2D eigenvalue weighted by Gasteiger charge is 2.30. The van der Waals surface area contributed by atoms with E-state index in [0.717, 1.165) is 12.1 Å². The van der Waals surface area contributed by atoms with Gasteiger partial charge in [-0.15, -0.1) is 0 Å². The zero-order chi connectivity index (χ0) is 19.3. The fourth-order valence-electron chi connectivity index (χ4n) is 3.03. The van der Waals surface area contributed by atoms with Crippen molar-refractivity contribution in [1.82, 2.24) is 10.2 Å². The number of amides is 2. The molecule has 1 saturated heterocycles. The zero-order valence-electron chi connectivity index (χ0n) is 15.1. The lowest BCUT2D eigenvalue weighted by molar-refractivity contribution is -0.137. The topological polar surface area (TPSA) is 49.4 Å². The van der Waals surface area contributed by atoms with Gasteiger partial charge < -0.3 is 10.2 Å². The summed E-state index contributed by atoms with van der Waals surface area (Å²) in [4.78, 5) is 26.0. The predicted molar refractivity (Wildman–Crippen MR) is 92.3 cm³/mol. The molecule has 0 aliphatic carbocycles. The van der Waals surface area contributed by atoms with Crippen LogP contribution in [0.5, 0.6) is 0 Å². The molecule has 4 nitrogen and oxygen atoms in total. The highest BCUT2D eigenvalue weighted by molar-refractivity contribution is 5.79. The van der Waals surface area contributed by atoms with E-state index in [1.54, 1.807) is 0 Å². The van der Waals surface area contributed by atoms with Gasteiger partial charge in [-0.05, 0) is 36.5 Å². The first-order valence-corrected chi connectivity index (χ1v) is 8.88. The third-order valence-corrected chi connectivity index (χ3v) is 4.44. The number of nitrogens with one attached hydrogen (secondary N) is 1. The Morgan fingerprint density at radius 2 is 1.73 bits per heavy atom. The minimum atomic E-state index is -4.37. The molecule has 26 heavy (non-hydrogen) atoms. The number of benzene rings is 1. The van der Waals surface area contributed by atoms with Crippen LogP contribution in [0.4, 0.5) is 13.2 Å². The average molecular weight is 370 g/mol. The van der Waals surface area contributed by atoms with E-state index in [0.29, 0.717) is 43.8 Å². The first kappa shape index (κ1) is 20.3. The van der Waals surface area contributed by atoms with Crippen molar-refractivity contribution in [3.05, 3.63) is 35.4 Å². The summed E-state index contributed by atoms with van der Waals surface area (Å²) < 4.78 is 37.6. The Labute approximate surface area is 151 Å². The van der Waals surface area contributed by atoms with Crippen LogP contribution in [-0.2, 0) is 22.2 Å². The molecule has 1 aromatic rings. The van der Waals surface area contributed by atoms with Crippen molar-refractivity contribution in [2.45, 2.75) is 51.7 Å². The lowest BCUT2D eigenvalue weighted by atomic mass is 10.0. The molecule has 0 unspecified atom stereocenters. The average Bonchev–Trinajstić information content (AvgIpc) is 2.54. The van der Waals surface area contributed by atoms with Gasteiger partial charge in [0.2, 0.25) is 11.8 Å². The molecule has 0 saturated carbocycles. The molecule has 0 aromatic heterocycles. The maximum Gasteiger partial charge on any atom is 0.416 e. The summed E-state index contributed by atoms with van der Waals surface area (Å²) in [5.41, 5.74) is -0.180. The minimum Gasteiger partial charge on any atom is -0.353 e. The van der Waals surface area contributed by atoms with Crippen molar-refractivity contribution in [3.8, 4) is 0 Å². The summed E-state index contributed by atoms with van der Waals surface area (Å²) in [6, 6.07) is 4.63. The minimum absolute atomic E-state index is 0.0000448. The second kappa shape index (κ2) is 8.56. The van der Waals surface area contributed by atoms with Gasteiger partial charge in [-0.3, -0.25) is 9.59 Å². The molecular weight excluding hydrogens is 345 g/mol. The third kappa shape index (κ3) is 6.04. The SMILES string of the molecule is CC(C)CC(=O)N1CCC(NC(=O)Cc2ccc(C(F)(F)F)cc2)CC1. The molecule has 0 bridgehead atoms. The second-order valence-corrected chi connectivity index (χ2v) is 7.19. The van der Waals surface area contributed by atoms with E-state index in [2.05, 4.69) is 5.32 Å². The summed E-state index contributed by atoms with van der Waals surface area (Å²) in [7, 11) is 0. The van der Waals surface area contributed by atoms with Gasteiger partial charge in [0, 0.05) is 25.6 Å². The van der Waals surface area contributed by atoms with Crippen LogP contribution in [0.25, 0.3) is 0 Å². The van der Waals surface area contributed by atoms with E-state index < -0.39 is 11.7 Å². The number of hydrogen-bond donors (Lipinski definition) is 1. The van der Waals surface area contributed by atoms with Crippen LogP contribution in [-0.4, -0.2) is 35.8 Å². The van der Waals surface area contributed by atoms with Gasteiger partial charge in [0.15, 0.2) is 0 Å². The van der Waals surface area contributed by atoms with Gasteiger partial charge in [-0.25, -0.2) is 0 Å². The monoisotopic (exact) mass is 370 g/mol. The van der Waals surface area contributed by atoms with E-state index in [1.165, 1.54) is 12.1 Å². The lowest BCUT2D eigenvalue weighted by Crippen LogP contribution is -2.47. The molecule has 0 atom stereocenters. The van der Waals surface area contributed by atoms with Gasteiger partial charge in [-0.2, -0.15) is 13.2 Å². The number of likely N-dealkylation sites (tertiary alicyclic amines) is 1. The second-order valence-electron chi connectivity index (χ2n) is 7.19. The van der Waals surface area contributed by atoms with Crippen molar-refractivity contribution in [2.75, 3.05) is 13.1 Å². The van der Waals surface area contributed by atoms with E-state index >= 15 is 0 Å². The number of nitrogens with zero attached hydrogens (tertiary/aromatic N) is 1. The standard InChI is InChI=1S/C19H25F3N2O2/c1-13(2)11-18(26)24-9-7-16(8-10-24)23-17(25)12-14-3-5-15(6-4-14)19(20,21)22/h3-6,13,16H,7-12H2,1-2H3,(H,23,25). The number of alkyl halides is 3. The van der Waals surface area contributed by atoms with E-state index in [1.807, 2.05) is 18.7 Å².